The third kappa shape index (κ3) is 4.91. The lowest BCUT2D eigenvalue weighted by atomic mass is 10.1. The van der Waals surface area contributed by atoms with Crippen LogP contribution >= 0.6 is 0 Å². The molecule has 1 N–H and O–H groups in total. The zero-order valence-electron chi connectivity index (χ0n) is 12.8. The third-order valence-corrected chi connectivity index (χ3v) is 3.16. The molecule has 0 fully saturated rings. The number of ether oxygens (including phenoxy) is 1. The van der Waals surface area contributed by atoms with E-state index in [0.29, 0.717) is 30.3 Å². The molecule has 0 aliphatic rings. The van der Waals surface area contributed by atoms with E-state index in [1.54, 1.807) is 0 Å². The quantitative estimate of drug-likeness (QED) is 0.747. The van der Waals surface area contributed by atoms with Crippen LogP contribution in [0.3, 0.4) is 0 Å². The molecular formula is C14H27N3O2. The Balaban J connectivity index is 2.69. The van der Waals surface area contributed by atoms with E-state index in [4.69, 9.17) is 9.26 Å². The highest BCUT2D eigenvalue weighted by Gasteiger charge is 2.22. The van der Waals surface area contributed by atoms with Crippen molar-refractivity contribution in [1.29, 1.82) is 0 Å². The molecule has 1 rings (SSSR count). The zero-order valence-corrected chi connectivity index (χ0v) is 12.8. The Labute approximate surface area is 116 Å². The molecule has 5 heteroatoms. The summed E-state index contributed by atoms with van der Waals surface area (Å²) in [6.07, 6.45) is 2.93. The Morgan fingerprint density at radius 1 is 1.32 bits per heavy atom. The van der Waals surface area contributed by atoms with E-state index in [-0.39, 0.29) is 6.10 Å². The van der Waals surface area contributed by atoms with Gasteiger partial charge >= 0.3 is 0 Å². The van der Waals surface area contributed by atoms with E-state index in [1.807, 2.05) is 14.0 Å². The highest BCUT2D eigenvalue weighted by atomic mass is 16.5. The molecule has 0 amide bonds. The average Bonchev–Trinajstić information content (AvgIpc) is 2.83. The van der Waals surface area contributed by atoms with Crippen LogP contribution in [0.1, 0.15) is 58.4 Å². The fourth-order valence-electron chi connectivity index (χ4n) is 2.12. The van der Waals surface area contributed by atoms with Gasteiger partial charge in [0.05, 0.1) is 0 Å². The van der Waals surface area contributed by atoms with Gasteiger partial charge in [-0.15, -0.1) is 0 Å². The van der Waals surface area contributed by atoms with Crippen LogP contribution in [-0.4, -0.2) is 29.8 Å². The van der Waals surface area contributed by atoms with Crippen LogP contribution in [0, 0.1) is 5.92 Å². The van der Waals surface area contributed by atoms with Crippen molar-refractivity contribution < 1.29 is 9.26 Å². The van der Waals surface area contributed by atoms with E-state index in [1.165, 1.54) is 0 Å². The lowest BCUT2D eigenvalue weighted by molar-refractivity contribution is 0.0217. The van der Waals surface area contributed by atoms with Gasteiger partial charge in [0.2, 0.25) is 11.7 Å². The zero-order chi connectivity index (χ0) is 14.3. The van der Waals surface area contributed by atoms with Crippen molar-refractivity contribution >= 4 is 0 Å². The molecule has 1 aromatic rings. The molecule has 0 aromatic carbocycles. The third-order valence-electron chi connectivity index (χ3n) is 3.16. The fraction of sp³-hybridized carbons (Fsp3) is 0.857. The molecule has 2 unspecified atom stereocenters. The fourth-order valence-corrected chi connectivity index (χ4v) is 2.12. The van der Waals surface area contributed by atoms with Gasteiger partial charge in [-0.2, -0.15) is 4.98 Å². The molecule has 0 aliphatic heterocycles. The second-order valence-electron chi connectivity index (χ2n) is 5.14. The van der Waals surface area contributed by atoms with Gasteiger partial charge in [-0.1, -0.05) is 32.3 Å². The smallest absolute Gasteiger partial charge is 0.228 e. The van der Waals surface area contributed by atoms with Crippen molar-refractivity contribution in [3.05, 3.63) is 11.7 Å². The Morgan fingerprint density at radius 3 is 2.58 bits per heavy atom. The first-order valence-corrected chi connectivity index (χ1v) is 7.23. The van der Waals surface area contributed by atoms with Crippen molar-refractivity contribution in [1.82, 2.24) is 15.5 Å². The van der Waals surface area contributed by atoms with Gasteiger partial charge in [0.15, 0.2) is 0 Å². The van der Waals surface area contributed by atoms with E-state index in [9.17, 15) is 0 Å². The maximum atomic E-state index is 5.68. The topological polar surface area (TPSA) is 60.2 Å². The first-order valence-electron chi connectivity index (χ1n) is 7.23. The average molecular weight is 269 g/mol. The molecule has 1 aromatic heterocycles. The summed E-state index contributed by atoms with van der Waals surface area (Å²) in [5, 5.41) is 7.34. The monoisotopic (exact) mass is 269 g/mol. The Kier molecular flexibility index (Phi) is 7.02. The Bertz CT molecular complexity index is 352. The summed E-state index contributed by atoms with van der Waals surface area (Å²) >= 11 is 0. The molecule has 5 nitrogen and oxygen atoms in total. The first kappa shape index (κ1) is 16.1. The van der Waals surface area contributed by atoms with E-state index < -0.39 is 0 Å². The van der Waals surface area contributed by atoms with Crippen LogP contribution in [0.5, 0.6) is 0 Å². The van der Waals surface area contributed by atoms with E-state index in [2.05, 4.69) is 36.2 Å². The second kappa shape index (κ2) is 8.27. The number of rotatable bonds is 9. The number of nitrogens with zero attached hydrogens (tertiary/aromatic N) is 2. The van der Waals surface area contributed by atoms with Crippen LogP contribution in [0.25, 0.3) is 0 Å². The van der Waals surface area contributed by atoms with Crippen LogP contribution in [-0.2, 0) is 11.2 Å². The molecule has 0 radical (unpaired) electrons. The molecule has 110 valence electrons. The van der Waals surface area contributed by atoms with Gasteiger partial charge in [0, 0.05) is 19.1 Å². The van der Waals surface area contributed by atoms with Gasteiger partial charge < -0.3 is 14.6 Å². The molecule has 0 saturated heterocycles. The van der Waals surface area contributed by atoms with E-state index >= 15 is 0 Å². The summed E-state index contributed by atoms with van der Waals surface area (Å²) in [6, 6.07) is 0.392. The summed E-state index contributed by atoms with van der Waals surface area (Å²) in [4.78, 5) is 4.48. The van der Waals surface area contributed by atoms with Gasteiger partial charge in [-0.3, -0.25) is 0 Å². The van der Waals surface area contributed by atoms with Crippen LogP contribution in [0.15, 0.2) is 4.52 Å². The van der Waals surface area contributed by atoms with Crippen molar-refractivity contribution in [3.8, 4) is 0 Å². The SMILES string of the molecule is CCCC(Cc1nc(C(OCC)C(C)C)no1)NC. The maximum Gasteiger partial charge on any atom is 0.228 e. The summed E-state index contributed by atoms with van der Waals surface area (Å²) in [7, 11) is 1.97. The minimum atomic E-state index is -0.0817. The molecule has 0 spiro atoms. The van der Waals surface area contributed by atoms with Gasteiger partial charge in [-0.25, -0.2) is 0 Å². The van der Waals surface area contributed by atoms with Crippen molar-refractivity contribution in [2.45, 2.75) is 59.1 Å². The van der Waals surface area contributed by atoms with Crippen LogP contribution in [0.4, 0.5) is 0 Å². The standard InChI is InChI=1S/C14H27N3O2/c1-6-8-11(15-5)9-12-16-14(17-19-12)13(10(3)4)18-7-2/h10-11,13,15H,6-9H2,1-5H3. The first-order chi connectivity index (χ1) is 9.12. The predicted octanol–water partition coefficient (Wildman–Crippen LogP) is 2.73. The number of likely N-dealkylation sites (N-methyl/N-ethyl adjacent to an activating group) is 1. The maximum absolute atomic E-state index is 5.68. The predicted molar refractivity (Wildman–Crippen MR) is 75.0 cm³/mol. The lowest BCUT2D eigenvalue weighted by Gasteiger charge is -2.16. The number of aromatic nitrogens is 2. The minimum Gasteiger partial charge on any atom is -0.370 e. The van der Waals surface area contributed by atoms with E-state index in [0.717, 1.165) is 19.3 Å². The highest BCUT2D eigenvalue weighted by molar-refractivity contribution is 4.94. The summed E-state index contributed by atoms with van der Waals surface area (Å²) in [5.74, 6) is 1.69. The van der Waals surface area contributed by atoms with Gasteiger partial charge in [0.1, 0.15) is 6.10 Å². The molecule has 2 atom stereocenters. The highest BCUT2D eigenvalue weighted by Crippen LogP contribution is 2.23. The second-order valence-corrected chi connectivity index (χ2v) is 5.14. The normalized spacial score (nSPS) is 14.8. The van der Waals surface area contributed by atoms with Crippen molar-refractivity contribution in [3.63, 3.8) is 0 Å². The number of nitrogens with one attached hydrogen (secondary N) is 1. The largest absolute Gasteiger partial charge is 0.370 e. The molecule has 1 heterocycles. The molecule has 0 aliphatic carbocycles. The molecule has 0 saturated carbocycles. The van der Waals surface area contributed by atoms with Gasteiger partial charge in [0.25, 0.3) is 0 Å². The number of hydrogen-bond acceptors (Lipinski definition) is 5. The Hall–Kier alpha value is -0.940. The van der Waals surface area contributed by atoms with Crippen molar-refractivity contribution in [2.75, 3.05) is 13.7 Å². The van der Waals surface area contributed by atoms with Crippen LogP contribution in [0.2, 0.25) is 0 Å². The summed E-state index contributed by atoms with van der Waals surface area (Å²) in [6.45, 7) is 9.01. The van der Waals surface area contributed by atoms with Gasteiger partial charge in [-0.05, 0) is 26.3 Å². The number of hydrogen-bond donors (Lipinski definition) is 1. The molecular weight excluding hydrogens is 242 g/mol. The molecule has 0 bridgehead atoms. The summed E-state index contributed by atoms with van der Waals surface area (Å²) < 4.78 is 11.0. The van der Waals surface area contributed by atoms with Crippen LogP contribution < -0.4 is 5.32 Å². The summed E-state index contributed by atoms with van der Waals surface area (Å²) in [5.41, 5.74) is 0. The van der Waals surface area contributed by atoms with Crippen molar-refractivity contribution in [2.24, 2.45) is 5.92 Å². The lowest BCUT2D eigenvalue weighted by Crippen LogP contribution is -2.27. The minimum absolute atomic E-state index is 0.0817. The Morgan fingerprint density at radius 2 is 2.05 bits per heavy atom. The molecule has 19 heavy (non-hydrogen) atoms.